The molecule has 0 radical (unpaired) electrons. The van der Waals surface area contributed by atoms with E-state index in [-0.39, 0.29) is 0 Å². The quantitative estimate of drug-likeness (QED) is 0.724. The highest BCUT2D eigenvalue weighted by molar-refractivity contribution is 7.13. The van der Waals surface area contributed by atoms with Gasteiger partial charge in [0.25, 0.3) is 0 Å². The summed E-state index contributed by atoms with van der Waals surface area (Å²) in [6.07, 6.45) is 6.10. The van der Waals surface area contributed by atoms with E-state index in [4.69, 9.17) is 11.6 Å². The molecule has 0 aliphatic heterocycles. The van der Waals surface area contributed by atoms with Crippen LogP contribution in [-0.4, -0.2) is 23.5 Å². The van der Waals surface area contributed by atoms with Crippen molar-refractivity contribution in [2.45, 2.75) is 45.1 Å². The predicted molar refractivity (Wildman–Crippen MR) is 71.8 cm³/mol. The number of aromatic nitrogens is 1. The number of thiazole rings is 1. The first-order valence-corrected chi connectivity index (χ1v) is 7.53. The molecule has 0 amide bonds. The summed E-state index contributed by atoms with van der Waals surface area (Å²) in [6.45, 7) is 3.22. The van der Waals surface area contributed by atoms with Gasteiger partial charge < -0.3 is 4.90 Å². The van der Waals surface area contributed by atoms with Gasteiger partial charge >= 0.3 is 0 Å². The summed E-state index contributed by atoms with van der Waals surface area (Å²) in [4.78, 5) is 7.15. The fraction of sp³-hybridized carbons (Fsp3) is 0.750. The summed E-state index contributed by atoms with van der Waals surface area (Å²) in [5.41, 5.74) is 1.22. The molecular weight excluding hydrogens is 240 g/mol. The maximum absolute atomic E-state index is 5.79. The van der Waals surface area contributed by atoms with Crippen molar-refractivity contribution in [3.8, 4) is 0 Å². The van der Waals surface area contributed by atoms with Crippen LogP contribution >= 0.6 is 22.9 Å². The smallest absolute Gasteiger partial charge is 0.185 e. The molecule has 0 N–H and O–H groups in total. The molecule has 1 aromatic heterocycles. The SMILES string of the molecule is CCc1csc(N(CCCCl)C2CCC2)n1. The molecule has 1 aliphatic carbocycles. The summed E-state index contributed by atoms with van der Waals surface area (Å²) in [5.74, 6) is 0.745. The van der Waals surface area contributed by atoms with Gasteiger partial charge in [0.1, 0.15) is 0 Å². The zero-order valence-corrected chi connectivity index (χ0v) is 11.4. The summed E-state index contributed by atoms with van der Waals surface area (Å²) >= 11 is 7.57. The minimum absolute atomic E-state index is 0.721. The molecule has 1 aromatic rings. The molecule has 0 spiro atoms. The van der Waals surface area contributed by atoms with Gasteiger partial charge in [-0.05, 0) is 32.1 Å². The second kappa shape index (κ2) is 5.87. The molecule has 4 heteroatoms. The van der Waals surface area contributed by atoms with E-state index in [1.54, 1.807) is 11.3 Å². The predicted octanol–water partition coefficient (Wildman–Crippen LogP) is 3.69. The van der Waals surface area contributed by atoms with Crippen LogP contribution in [0.5, 0.6) is 0 Å². The Morgan fingerprint density at radius 2 is 2.38 bits per heavy atom. The van der Waals surface area contributed by atoms with Gasteiger partial charge in [-0.1, -0.05) is 6.92 Å². The largest absolute Gasteiger partial charge is 0.345 e. The van der Waals surface area contributed by atoms with E-state index in [0.717, 1.165) is 31.3 Å². The van der Waals surface area contributed by atoms with Gasteiger partial charge in [-0.3, -0.25) is 0 Å². The number of aryl methyl sites for hydroxylation is 1. The molecule has 2 nitrogen and oxygen atoms in total. The van der Waals surface area contributed by atoms with Crippen molar-refractivity contribution in [2.24, 2.45) is 0 Å². The average Bonchev–Trinajstić information content (AvgIpc) is 2.69. The van der Waals surface area contributed by atoms with Crippen LogP contribution in [0.25, 0.3) is 0 Å². The Morgan fingerprint density at radius 1 is 1.56 bits per heavy atom. The number of nitrogens with zero attached hydrogens (tertiary/aromatic N) is 2. The summed E-state index contributed by atoms with van der Waals surface area (Å²) < 4.78 is 0. The summed E-state index contributed by atoms with van der Waals surface area (Å²) in [5, 5.41) is 3.38. The molecule has 0 saturated heterocycles. The first kappa shape index (κ1) is 12.2. The van der Waals surface area contributed by atoms with Crippen LogP contribution in [0.15, 0.2) is 5.38 Å². The molecule has 0 aromatic carbocycles. The normalized spacial score (nSPS) is 16.1. The van der Waals surface area contributed by atoms with Gasteiger partial charge in [-0.25, -0.2) is 4.98 Å². The lowest BCUT2D eigenvalue weighted by atomic mass is 9.92. The lowest BCUT2D eigenvalue weighted by molar-refractivity contribution is 0.385. The van der Waals surface area contributed by atoms with Gasteiger partial charge in [0.15, 0.2) is 5.13 Å². The third kappa shape index (κ3) is 2.69. The molecular formula is C12H19ClN2S. The monoisotopic (exact) mass is 258 g/mol. The van der Waals surface area contributed by atoms with Crippen molar-refractivity contribution in [3.05, 3.63) is 11.1 Å². The molecule has 0 atom stereocenters. The van der Waals surface area contributed by atoms with Gasteiger partial charge in [-0.2, -0.15) is 0 Å². The minimum atomic E-state index is 0.721. The van der Waals surface area contributed by atoms with Crippen LogP contribution in [0.3, 0.4) is 0 Å². The molecule has 0 unspecified atom stereocenters. The standard InChI is InChI=1S/C12H19ClN2S/c1-2-10-9-16-12(14-10)15(8-4-7-13)11-5-3-6-11/h9,11H,2-8H2,1H3. The summed E-state index contributed by atoms with van der Waals surface area (Å²) in [6, 6.07) is 0.721. The van der Waals surface area contributed by atoms with Gasteiger partial charge in [0.05, 0.1) is 5.69 Å². The third-order valence-corrected chi connectivity index (χ3v) is 4.39. The Labute approximate surface area is 107 Å². The summed E-state index contributed by atoms with van der Waals surface area (Å²) in [7, 11) is 0. The van der Waals surface area contributed by atoms with Crippen LogP contribution in [-0.2, 0) is 6.42 Å². The Balaban J connectivity index is 2.04. The van der Waals surface area contributed by atoms with Crippen molar-refractivity contribution < 1.29 is 0 Å². The Bertz CT molecular complexity index is 323. The van der Waals surface area contributed by atoms with Crippen molar-refractivity contribution in [1.82, 2.24) is 4.98 Å². The highest BCUT2D eigenvalue weighted by atomic mass is 35.5. The van der Waals surface area contributed by atoms with E-state index in [1.807, 2.05) is 0 Å². The highest BCUT2D eigenvalue weighted by Crippen LogP contribution is 2.31. The van der Waals surface area contributed by atoms with Gasteiger partial charge in [-0.15, -0.1) is 22.9 Å². The number of alkyl halides is 1. The Kier molecular flexibility index (Phi) is 4.47. The first-order valence-electron chi connectivity index (χ1n) is 6.12. The molecule has 1 aliphatic rings. The van der Waals surface area contributed by atoms with E-state index < -0.39 is 0 Å². The number of hydrogen-bond acceptors (Lipinski definition) is 3. The number of anilines is 1. The van der Waals surface area contributed by atoms with Crippen LogP contribution in [0.1, 0.15) is 38.3 Å². The fourth-order valence-corrected chi connectivity index (χ4v) is 3.08. The lowest BCUT2D eigenvalue weighted by Gasteiger charge is -2.37. The van der Waals surface area contributed by atoms with Crippen molar-refractivity contribution in [2.75, 3.05) is 17.3 Å². The molecule has 1 saturated carbocycles. The zero-order chi connectivity index (χ0) is 11.4. The number of hydrogen-bond donors (Lipinski definition) is 0. The second-order valence-corrected chi connectivity index (χ2v) is 5.51. The van der Waals surface area contributed by atoms with Crippen LogP contribution < -0.4 is 4.90 Å². The molecule has 16 heavy (non-hydrogen) atoms. The van der Waals surface area contributed by atoms with E-state index in [2.05, 4.69) is 22.2 Å². The van der Waals surface area contributed by atoms with E-state index in [9.17, 15) is 0 Å². The molecule has 2 rings (SSSR count). The Morgan fingerprint density at radius 3 is 2.88 bits per heavy atom. The van der Waals surface area contributed by atoms with Crippen molar-refractivity contribution in [3.63, 3.8) is 0 Å². The Hall–Kier alpha value is -0.280. The molecule has 90 valence electrons. The van der Waals surface area contributed by atoms with E-state index in [0.29, 0.717) is 0 Å². The second-order valence-electron chi connectivity index (χ2n) is 4.30. The highest BCUT2D eigenvalue weighted by Gasteiger charge is 2.26. The first-order chi connectivity index (χ1) is 7.85. The van der Waals surface area contributed by atoms with Crippen LogP contribution in [0.4, 0.5) is 5.13 Å². The van der Waals surface area contributed by atoms with Gasteiger partial charge in [0, 0.05) is 23.8 Å². The third-order valence-electron chi connectivity index (χ3n) is 3.20. The number of rotatable bonds is 6. The fourth-order valence-electron chi connectivity index (χ4n) is 1.95. The number of halogens is 1. The van der Waals surface area contributed by atoms with E-state index in [1.165, 1.54) is 30.1 Å². The minimum Gasteiger partial charge on any atom is -0.345 e. The maximum Gasteiger partial charge on any atom is 0.185 e. The topological polar surface area (TPSA) is 16.1 Å². The van der Waals surface area contributed by atoms with Crippen LogP contribution in [0.2, 0.25) is 0 Å². The van der Waals surface area contributed by atoms with Crippen LogP contribution in [0, 0.1) is 0 Å². The van der Waals surface area contributed by atoms with Crippen molar-refractivity contribution >= 4 is 28.1 Å². The molecule has 1 heterocycles. The lowest BCUT2D eigenvalue weighted by Crippen LogP contribution is -2.41. The average molecular weight is 259 g/mol. The maximum atomic E-state index is 5.79. The zero-order valence-electron chi connectivity index (χ0n) is 9.79. The molecule has 1 fully saturated rings. The van der Waals surface area contributed by atoms with Crippen molar-refractivity contribution in [1.29, 1.82) is 0 Å². The molecule has 0 bridgehead atoms. The van der Waals surface area contributed by atoms with Gasteiger partial charge in [0.2, 0.25) is 0 Å². The van der Waals surface area contributed by atoms with E-state index >= 15 is 0 Å².